The molecule has 2 aromatic heterocycles. The molecule has 1 N–H and O–H groups in total. The van der Waals surface area contributed by atoms with E-state index in [1.165, 1.54) is 29.1 Å². The highest BCUT2D eigenvalue weighted by Gasteiger charge is 2.33. The van der Waals surface area contributed by atoms with Gasteiger partial charge in [-0.1, -0.05) is 51.8 Å². The van der Waals surface area contributed by atoms with Gasteiger partial charge >= 0.3 is 5.97 Å². The lowest BCUT2D eigenvalue weighted by Crippen LogP contribution is -2.29. The lowest BCUT2D eigenvalue weighted by Gasteiger charge is -2.35. The first kappa shape index (κ1) is 26.4. The molecule has 0 radical (unpaired) electrons. The van der Waals surface area contributed by atoms with E-state index in [1.54, 1.807) is 0 Å². The zero-order chi connectivity index (χ0) is 26.9. The number of esters is 1. The average Bonchev–Trinajstić information content (AvgIpc) is 3.19. The van der Waals surface area contributed by atoms with Gasteiger partial charge in [0.1, 0.15) is 11.1 Å². The molecule has 0 spiro atoms. The van der Waals surface area contributed by atoms with E-state index in [1.807, 2.05) is 24.3 Å². The Morgan fingerprint density at radius 3 is 2.63 bits per heavy atom. The molecule has 0 fully saturated rings. The summed E-state index contributed by atoms with van der Waals surface area (Å²) in [6, 6.07) is 9.94. The molecule has 198 valence electrons. The van der Waals surface area contributed by atoms with Gasteiger partial charge in [0.05, 0.1) is 16.6 Å². The fourth-order valence-electron chi connectivity index (χ4n) is 5.85. The van der Waals surface area contributed by atoms with Gasteiger partial charge in [-0.15, -0.1) is 11.3 Å². The normalized spacial score (nSPS) is 17.5. The molecule has 0 aliphatic heterocycles. The second kappa shape index (κ2) is 10.9. The number of hydrogen-bond acceptors (Lipinski definition) is 6. The quantitative estimate of drug-likeness (QED) is 0.376. The van der Waals surface area contributed by atoms with Crippen LogP contribution >= 0.6 is 11.3 Å². The molecule has 3 aromatic rings. The number of fused-ring (bicyclic) bond motifs is 3. The van der Waals surface area contributed by atoms with Crippen LogP contribution in [0.5, 0.6) is 0 Å². The topological polar surface area (TPSA) is 92.1 Å². The van der Waals surface area contributed by atoms with E-state index in [9.17, 15) is 14.9 Å². The summed E-state index contributed by atoms with van der Waals surface area (Å²) >= 11 is 1.49. The van der Waals surface area contributed by atoms with Gasteiger partial charge in [-0.3, -0.25) is 9.78 Å². The lowest BCUT2D eigenvalue weighted by atomic mass is 9.70. The Kier molecular flexibility index (Phi) is 7.54. The van der Waals surface area contributed by atoms with Crippen LogP contribution in [-0.2, 0) is 35.2 Å². The highest BCUT2D eigenvalue weighted by atomic mass is 32.1. The molecule has 7 heteroatoms. The second-order valence-corrected chi connectivity index (χ2v) is 12.7. The molecule has 1 amide bonds. The number of pyridine rings is 1. The van der Waals surface area contributed by atoms with Gasteiger partial charge in [0.2, 0.25) is 0 Å². The number of hydrogen-bond donors (Lipinski definition) is 1. The van der Waals surface area contributed by atoms with Crippen LogP contribution in [0.4, 0.5) is 5.00 Å². The number of nitrogens with one attached hydrogen (secondary N) is 1. The van der Waals surface area contributed by atoms with Gasteiger partial charge in [-0.2, -0.15) is 5.26 Å². The Morgan fingerprint density at radius 1 is 1.11 bits per heavy atom. The molecule has 2 heterocycles. The molecule has 5 rings (SSSR count). The summed E-state index contributed by atoms with van der Waals surface area (Å²) in [6.45, 7) is 6.31. The standard InChI is InChI=1S/C31H35N3O3S/c1-31(2,3)19-14-15-25-22(16-19)28(21-11-8-9-12-24(21)33-25)30(36)37-18-27(35)34-29-23(17-32)20-10-6-4-5-7-13-26(20)38-29/h8-9,11-12,19H,4-7,10,13-16,18H2,1-3H3,(H,34,35). The Labute approximate surface area is 228 Å². The first-order valence-corrected chi connectivity index (χ1v) is 14.5. The zero-order valence-electron chi connectivity index (χ0n) is 22.5. The van der Waals surface area contributed by atoms with Crippen molar-refractivity contribution in [3.63, 3.8) is 0 Å². The van der Waals surface area contributed by atoms with Gasteiger partial charge in [-0.25, -0.2) is 4.79 Å². The smallest absolute Gasteiger partial charge is 0.339 e. The molecule has 6 nitrogen and oxygen atoms in total. The fourth-order valence-corrected chi connectivity index (χ4v) is 7.11. The van der Waals surface area contributed by atoms with Crippen LogP contribution in [0.3, 0.4) is 0 Å². The summed E-state index contributed by atoms with van der Waals surface area (Å²) < 4.78 is 5.62. The number of rotatable bonds is 4. The molecular formula is C31H35N3O3S. The first-order chi connectivity index (χ1) is 18.3. The number of anilines is 1. The number of aromatic nitrogens is 1. The van der Waals surface area contributed by atoms with E-state index in [-0.39, 0.29) is 5.41 Å². The third-order valence-corrected chi connectivity index (χ3v) is 9.27. The van der Waals surface area contributed by atoms with Crippen LogP contribution in [-0.4, -0.2) is 23.5 Å². The molecule has 2 aliphatic carbocycles. The van der Waals surface area contributed by atoms with Crippen LogP contribution in [0.2, 0.25) is 0 Å². The van der Waals surface area contributed by atoms with Crippen LogP contribution in [0, 0.1) is 22.7 Å². The van der Waals surface area contributed by atoms with Crippen LogP contribution in [0.1, 0.15) is 90.5 Å². The minimum Gasteiger partial charge on any atom is -0.452 e. The molecule has 1 aromatic carbocycles. The van der Waals surface area contributed by atoms with E-state index in [0.717, 1.165) is 72.7 Å². The van der Waals surface area contributed by atoms with Crippen LogP contribution in [0.15, 0.2) is 24.3 Å². The predicted octanol–water partition coefficient (Wildman–Crippen LogP) is 6.77. The van der Waals surface area contributed by atoms with Gasteiger partial charge in [0.25, 0.3) is 5.91 Å². The number of carbonyl (C=O) groups excluding carboxylic acids is 2. The zero-order valence-corrected chi connectivity index (χ0v) is 23.3. The molecule has 0 bridgehead atoms. The van der Waals surface area contributed by atoms with Crippen molar-refractivity contribution in [1.82, 2.24) is 4.98 Å². The molecule has 2 aliphatic rings. The monoisotopic (exact) mass is 529 g/mol. The van der Waals surface area contributed by atoms with Crippen molar-refractivity contribution in [3.8, 4) is 6.07 Å². The second-order valence-electron chi connectivity index (χ2n) is 11.6. The van der Waals surface area contributed by atoms with Gasteiger partial charge in [-0.05, 0) is 73.5 Å². The van der Waals surface area contributed by atoms with Crippen molar-refractivity contribution >= 4 is 39.1 Å². The Balaban J connectivity index is 1.36. The average molecular weight is 530 g/mol. The fraction of sp³-hybridized carbons (Fsp3) is 0.484. The maximum absolute atomic E-state index is 13.5. The minimum atomic E-state index is -0.497. The van der Waals surface area contributed by atoms with Crippen molar-refractivity contribution in [2.24, 2.45) is 11.3 Å². The number of para-hydroxylation sites is 1. The minimum absolute atomic E-state index is 0.112. The SMILES string of the molecule is CC(C)(C)C1CCc2nc3ccccc3c(C(=O)OCC(=O)Nc3sc4c(c3C#N)CCCCCC4)c2C1. The molecule has 1 atom stereocenters. The maximum Gasteiger partial charge on any atom is 0.339 e. The number of amides is 1. The van der Waals surface area contributed by atoms with Crippen LogP contribution < -0.4 is 5.32 Å². The first-order valence-electron chi connectivity index (χ1n) is 13.7. The summed E-state index contributed by atoms with van der Waals surface area (Å²) in [4.78, 5) is 32.5. The van der Waals surface area contributed by atoms with Crippen molar-refractivity contribution < 1.29 is 14.3 Å². The number of ether oxygens (including phenoxy) is 1. The third-order valence-electron chi connectivity index (χ3n) is 8.06. The van der Waals surface area contributed by atoms with E-state index in [2.05, 4.69) is 32.2 Å². The number of benzene rings is 1. The Morgan fingerprint density at radius 2 is 1.87 bits per heavy atom. The number of nitrogens with zero attached hydrogens (tertiary/aromatic N) is 2. The van der Waals surface area contributed by atoms with Crippen molar-refractivity contribution in [2.45, 2.75) is 78.6 Å². The summed E-state index contributed by atoms with van der Waals surface area (Å²) in [5, 5.41) is 14.0. The summed E-state index contributed by atoms with van der Waals surface area (Å²) in [6.07, 6.45) is 8.95. The van der Waals surface area contributed by atoms with E-state index >= 15 is 0 Å². The third kappa shape index (κ3) is 5.33. The van der Waals surface area contributed by atoms with Crippen molar-refractivity contribution in [1.29, 1.82) is 5.26 Å². The van der Waals surface area contributed by atoms with Crippen LogP contribution in [0.25, 0.3) is 10.9 Å². The van der Waals surface area contributed by atoms with Gasteiger partial charge in [0.15, 0.2) is 6.61 Å². The highest BCUT2D eigenvalue weighted by molar-refractivity contribution is 7.16. The summed E-state index contributed by atoms with van der Waals surface area (Å²) in [5.74, 6) is -0.497. The molecule has 0 saturated heterocycles. The van der Waals surface area contributed by atoms with Gasteiger partial charge < -0.3 is 10.1 Å². The van der Waals surface area contributed by atoms with Gasteiger partial charge in [0, 0.05) is 16.0 Å². The molecule has 38 heavy (non-hydrogen) atoms. The predicted molar refractivity (Wildman–Crippen MR) is 151 cm³/mol. The molecular weight excluding hydrogens is 494 g/mol. The van der Waals surface area contributed by atoms with E-state index in [4.69, 9.17) is 9.72 Å². The Bertz CT molecular complexity index is 1430. The summed E-state index contributed by atoms with van der Waals surface area (Å²) in [5.41, 5.74) is 4.96. The van der Waals surface area contributed by atoms with Crippen molar-refractivity contribution in [2.75, 3.05) is 11.9 Å². The Hall–Kier alpha value is -3.24. The van der Waals surface area contributed by atoms with Crippen molar-refractivity contribution in [3.05, 3.63) is 57.1 Å². The van der Waals surface area contributed by atoms with E-state index < -0.39 is 18.5 Å². The highest BCUT2D eigenvalue weighted by Crippen LogP contribution is 2.40. The number of carbonyl (C=O) groups is 2. The van der Waals surface area contributed by atoms with E-state index in [0.29, 0.717) is 22.0 Å². The molecule has 0 saturated carbocycles. The summed E-state index contributed by atoms with van der Waals surface area (Å²) in [7, 11) is 0. The number of thiophene rings is 1. The maximum atomic E-state index is 13.5. The lowest BCUT2D eigenvalue weighted by molar-refractivity contribution is -0.119. The largest absolute Gasteiger partial charge is 0.452 e. The number of aryl methyl sites for hydroxylation is 2. The number of nitriles is 1. The molecule has 1 unspecified atom stereocenters.